The van der Waals surface area contributed by atoms with Crippen LogP contribution in [0.4, 0.5) is 0 Å². The molecule has 0 unspecified atom stereocenters. The average Bonchev–Trinajstić information content (AvgIpc) is 2.90. The summed E-state index contributed by atoms with van der Waals surface area (Å²) in [4.78, 5) is 12.8. The lowest BCUT2D eigenvalue weighted by Crippen LogP contribution is -2.23. The highest BCUT2D eigenvalue weighted by molar-refractivity contribution is 7.85. The Morgan fingerprint density at radius 2 is 1.64 bits per heavy atom. The van der Waals surface area contributed by atoms with Gasteiger partial charge in [0.05, 0.1) is 23.3 Å². The van der Waals surface area contributed by atoms with Gasteiger partial charge < -0.3 is 4.74 Å². The summed E-state index contributed by atoms with van der Waals surface area (Å²) in [6.07, 6.45) is 0.649. The van der Waals surface area contributed by atoms with Crippen molar-refractivity contribution in [3.63, 3.8) is 0 Å². The Morgan fingerprint density at radius 1 is 1.00 bits per heavy atom. The molecule has 0 spiro atoms. The number of hydrogen-bond donors (Lipinski definition) is 0. The van der Waals surface area contributed by atoms with Gasteiger partial charge in [-0.1, -0.05) is 48.5 Å². The minimum Gasteiger partial charge on any atom is -0.465 e. The maximum Gasteiger partial charge on any atom is 0.309 e. The van der Waals surface area contributed by atoms with Crippen molar-refractivity contribution in [3.8, 4) is 0 Å². The first-order chi connectivity index (χ1) is 10.7. The molecule has 1 fully saturated rings. The van der Waals surface area contributed by atoms with Crippen molar-refractivity contribution >= 4 is 16.8 Å². The van der Waals surface area contributed by atoms with Gasteiger partial charge in [0, 0.05) is 16.6 Å². The largest absolute Gasteiger partial charge is 0.465 e. The lowest BCUT2D eigenvalue weighted by Gasteiger charge is -2.15. The highest BCUT2D eigenvalue weighted by atomic mass is 32.2. The fourth-order valence-electron chi connectivity index (χ4n) is 2.75. The van der Waals surface area contributed by atoms with Crippen molar-refractivity contribution in [2.75, 3.05) is 12.4 Å². The zero-order chi connectivity index (χ0) is 15.4. The molecule has 0 amide bonds. The van der Waals surface area contributed by atoms with Gasteiger partial charge in [0.2, 0.25) is 0 Å². The molecule has 0 aliphatic carbocycles. The van der Waals surface area contributed by atoms with E-state index in [9.17, 15) is 9.00 Å². The number of benzene rings is 2. The predicted molar refractivity (Wildman–Crippen MR) is 85.8 cm³/mol. The minimum absolute atomic E-state index is 0.00810. The van der Waals surface area contributed by atoms with E-state index in [1.165, 1.54) is 0 Å². The molecule has 2 aromatic carbocycles. The zero-order valence-corrected chi connectivity index (χ0v) is 13.0. The van der Waals surface area contributed by atoms with E-state index in [2.05, 4.69) is 0 Å². The molecule has 2 aromatic rings. The van der Waals surface area contributed by atoms with Crippen LogP contribution in [-0.4, -0.2) is 22.5 Å². The van der Waals surface area contributed by atoms with Crippen LogP contribution in [0, 0.1) is 11.8 Å². The monoisotopic (exact) mass is 314 g/mol. The quantitative estimate of drug-likeness (QED) is 0.797. The topological polar surface area (TPSA) is 43.4 Å². The second-order valence-electron chi connectivity index (χ2n) is 5.51. The summed E-state index contributed by atoms with van der Waals surface area (Å²) in [5.74, 6) is 0.107. The first kappa shape index (κ1) is 15.0. The molecular weight excluding hydrogens is 296 g/mol. The van der Waals surface area contributed by atoms with Crippen molar-refractivity contribution in [1.29, 1.82) is 0 Å². The second-order valence-corrected chi connectivity index (χ2v) is 7.01. The Hall–Kier alpha value is -1.94. The molecule has 0 saturated carbocycles. The third-order valence-corrected chi connectivity index (χ3v) is 5.51. The Labute approximate surface area is 132 Å². The summed E-state index contributed by atoms with van der Waals surface area (Å²) in [6.45, 7) is 0.370. The predicted octanol–water partition coefficient (Wildman–Crippen LogP) is 2.83. The van der Waals surface area contributed by atoms with E-state index in [1.807, 2.05) is 60.7 Å². The fourth-order valence-corrected chi connectivity index (χ4v) is 4.12. The molecular formula is C18H18O3S. The van der Waals surface area contributed by atoms with Crippen LogP contribution in [-0.2, 0) is 26.8 Å². The Balaban J connectivity index is 1.70. The Morgan fingerprint density at radius 3 is 2.32 bits per heavy atom. The van der Waals surface area contributed by atoms with Gasteiger partial charge in [0.25, 0.3) is 0 Å². The highest BCUT2D eigenvalue weighted by Crippen LogP contribution is 2.28. The summed E-state index contributed by atoms with van der Waals surface area (Å²) >= 11 is 0. The van der Waals surface area contributed by atoms with Crippen molar-refractivity contribution in [2.24, 2.45) is 11.8 Å². The molecule has 0 N–H and O–H groups in total. The minimum atomic E-state index is -1.10. The molecule has 1 aliphatic rings. The summed E-state index contributed by atoms with van der Waals surface area (Å²) in [5.41, 5.74) is 1.11. The smallest absolute Gasteiger partial charge is 0.309 e. The number of esters is 1. The van der Waals surface area contributed by atoms with Gasteiger partial charge in [-0.15, -0.1) is 0 Å². The van der Waals surface area contributed by atoms with Gasteiger partial charge in [-0.05, 0) is 24.1 Å². The van der Waals surface area contributed by atoms with Gasteiger partial charge in [0.1, 0.15) is 0 Å². The van der Waals surface area contributed by atoms with Crippen LogP contribution < -0.4 is 0 Å². The van der Waals surface area contributed by atoms with Crippen molar-refractivity contribution in [1.82, 2.24) is 0 Å². The van der Waals surface area contributed by atoms with Crippen LogP contribution in [0.2, 0.25) is 0 Å². The van der Waals surface area contributed by atoms with E-state index in [1.54, 1.807) is 0 Å². The van der Waals surface area contributed by atoms with Crippen molar-refractivity contribution in [2.45, 2.75) is 11.3 Å². The van der Waals surface area contributed by atoms with Gasteiger partial charge >= 0.3 is 5.97 Å². The fraction of sp³-hybridized carbons (Fsp3) is 0.278. The molecule has 0 radical (unpaired) electrons. The number of carbonyl (C=O) groups is 1. The Kier molecular flexibility index (Phi) is 4.68. The Bertz CT molecular complexity index is 655. The van der Waals surface area contributed by atoms with Crippen LogP contribution in [0.25, 0.3) is 0 Å². The van der Waals surface area contributed by atoms with Crippen LogP contribution in [0.3, 0.4) is 0 Å². The van der Waals surface area contributed by atoms with Crippen molar-refractivity contribution in [3.05, 3.63) is 66.2 Å². The van der Waals surface area contributed by atoms with E-state index >= 15 is 0 Å². The lowest BCUT2D eigenvalue weighted by atomic mass is 9.90. The molecule has 3 atom stereocenters. The van der Waals surface area contributed by atoms with Crippen LogP contribution >= 0.6 is 0 Å². The van der Waals surface area contributed by atoms with Gasteiger partial charge in [-0.2, -0.15) is 0 Å². The lowest BCUT2D eigenvalue weighted by molar-refractivity contribution is -0.141. The molecule has 3 nitrogen and oxygen atoms in total. The molecule has 1 heterocycles. The molecule has 114 valence electrons. The zero-order valence-electron chi connectivity index (χ0n) is 12.2. The summed E-state index contributed by atoms with van der Waals surface area (Å²) in [6, 6.07) is 19.3. The van der Waals surface area contributed by atoms with E-state index in [0.717, 1.165) is 10.5 Å². The third-order valence-electron chi connectivity index (χ3n) is 3.98. The third kappa shape index (κ3) is 3.45. The highest BCUT2D eigenvalue weighted by Gasteiger charge is 2.37. The van der Waals surface area contributed by atoms with Crippen LogP contribution in [0.1, 0.15) is 5.56 Å². The number of rotatable bonds is 5. The molecule has 4 heteroatoms. The molecule has 0 bridgehead atoms. The van der Waals surface area contributed by atoms with Gasteiger partial charge in [0.15, 0.2) is 0 Å². The maximum atomic E-state index is 12.4. The number of carbonyl (C=O) groups excluding carboxylic acids is 1. The number of ether oxygens (including phenoxy) is 1. The number of hydrogen-bond acceptors (Lipinski definition) is 3. The molecule has 22 heavy (non-hydrogen) atoms. The normalized spacial score (nSPS) is 22.3. The van der Waals surface area contributed by atoms with E-state index in [4.69, 9.17) is 4.74 Å². The molecule has 1 aliphatic heterocycles. The molecule has 0 aromatic heterocycles. The van der Waals surface area contributed by atoms with E-state index in [-0.39, 0.29) is 17.8 Å². The average molecular weight is 314 g/mol. The van der Waals surface area contributed by atoms with Gasteiger partial charge in [-0.25, -0.2) is 0 Å². The first-order valence-corrected chi connectivity index (χ1v) is 8.70. The van der Waals surface area contributed by atoms with Crippen molar-refractivity contribution < 1.29 is 13.7 Å². The molecule has 3 rings (SSSR count). The van der Waals surface area contributed by atoms with Crippen LogP contribution in [0.15, 0.2) is 65.6 Å². The summed E-state index contributed by atoms with van der Waals surface area (Å²) in [7, 11) is -1.10. The second kappa shape index (κ2) is 6.88. The van der Waals surface area contributed by atoms with Gasteiger partial charge in [-0.3, -0.25) is 9.00 Å². The summed E-state index contributed by atoms with van der Waals surface area (Å²) < 4.78 is 17.7. The summed E-state index contributed by atoms with van der Waals surface area (Å²) in [5, 5.41) is 0. The van der Waals surface area contributed by atoms with E-state index in [0.29, 0.717) is 18.8 Å². The first-order valence-electron chi connectivity index (χ1n) is 7.38. The SMILES string of the molecule is O=C1OC[C@@H](C[S@@](=O)c2ccccc2)[C@@H]1Cc1ccccc1. The number of cyclic esters (lactones) is 1. The van der Waals surface area contributed by atoms with Crippen LogP contribution in [0.5, 0.6) is 0 Å². The van der Waals surface area contributed by atoms with E-state index < -0.39 is 10.8 Å². The maximum absolute atomic E-state index is 12.4. The standard InChI is InChI=1S/C18H18O3S/c19-18-17(11-14-7-3-1-4-8-14)15(12-21-18)13-22(20)16-9-5-2-6-10-16/h1-10,15,17H,11-13H2/t15-,17-,22+/m0/s1. The molecule has 1 saturated heterocycles.